The molecule has 1 N–H and O–H groups in total. The number of hydrogen-bond donors (Lipinski definition) is 1. The van der Waals surface area contributed by atoms with Crippen LogP contribution in [0.25, 0.3) is 0 Å². The maximum Gasteiger partial charge on any atom is 0.305 e. The Morgan fingerprint density at radius 2 is 1.63 bits per heavy atom. The first-order valence-corrected chi connectivity index (χ1v) is 5.62. The maximum absolute atomic E-state index is 10.9. The van der Waals surface area contributed by atoms with Gasteiger partial charge in [-0.25, -0.2) is 0 Å². The zero-order chi connectivity index (χ0) is 14.6. The number of ether oxygens (including phenoxy) is 4. The molecule has 0 amide bonds. The number of aliphatic hydroxyl groups is 1. The highest BCUT2D eigenvalue weighted by molar-refractivity contribution is 5.67. The molecule has 0 aromatic carbocycles. The van der Waals surface area contributed by atoms with Gasteiger partial charge in [-0.1, -0.05) is 0 Å². The Morgan fingerprint density at radius 3 is 2.11 bits per heavy atom. The highest BCUT2D eigenvalue weighted by Gasteiger charge is 2.48. The average Bonchev–Trinajstić information content (AvgIpc) is 2.53. The van der Waals surface area contributed by atoms with Crippen LogP contribution in [0.15, 0.2) is 0 Å². The first kappa shape index (κ1) is 15.4. The molecular formula is C11H16O8. The number of hydrogen-bond acceptors (Lipinski definition) is 8. The van der Waals surface area contributed by atoms with E-state index < -0.39 is 42.5 Å². The average molecular weight is 276 g/mol. The molecule has 0 unspecified atom stereocenters. The Bertz CT molecular complexity index is 366. The van der Waals surface area contributed by atoms with Crippen molar-refractivity contribution in [2.75, 3.05) is 6.61 Å². The van der Waals surface area contributed by atoms with Crippen molar-refractivity contribution in [1.82, 2.24) is 0 Å². The van der Waals surface area contributed by atoms with Gasteiger partial charge in [0.15, 0.2) is 6.10 Å². The predicted octanol–water partition coefficient (Wildman–Crippen LogP) is -0.870. The summed E-state index contributed by atoms with van der Waals surface area (Å²) in [6.07, 6.45) is -4.57. The summed E-state index contributed by atoms with van der Waals surface area (Å²) in [7, 11) is 0. The second kappa shape index (κ2) is 6.48. The molecule has 19 heavy (non-hydrogen) atoms. The zero-order valence-electron chi connectivity index (χ0n) is 10.8. The van der Waals surface area contributed by atoms with E-state index in [2.05, 4.69) is 0 Å². The second-order valence-corrected chi connectivity index (χ2v) is 4.02. The summed E-state index contributed by atoms with van der Waals surface area (Å²) >= 11 is 0. The van der Waals surface area contributed by atoms with Gasteiger partial charge in [0.2, 0.25) is 6.29 Å². The molecule has 0 aliphatic carbocycles. The third kappa shape index (κ3) is 4.49. The van der Waals surface area contributed by atoms with Crippen LogP contribution >= 0.6 is 0 Å². The lowest BCUT2D eigenvalue weighted by Gasteiger charge is -2.19. The fourth-order valence-corrected chi connectivity index (χ4v) is 1.62. The Kier molecular flexibility index (Phi) is 5.25. The van der Waals surface area contributed by atoms with Gasteiger partial charge in [0, 0.05) is 20.8 Å². The number of carbonyl (C=O) groups excluding carboxylic acids is 3. The molecular weight excluding hydrogens is 260 g/mol. The van der Waals surface area contributed by atoms with E-state index in [1.165, 1.54) is 6.92 Å². The monoisotopic (exact) mass is 276 g/mol. The molecule has 1 rings (SSSR count). The van der Waals surface area contributed by atoms with Crippen molar-refractivity contribution in [3.8, 4) is 0 Å². The minimum Gasteiger partial charge on any atom is -0.463 e. The molecule has 8 heteroatoms. The van der Waals surface area contributed by atoms with Crippen molar-refractivity contribution < 1.29 is 38.4 Å². The fraction of sp³-hybridized carbons (Fsp3) is 0.727. The first-order chi connectivity index (χ1) is 8.81. The summed E-state index contributed by atoms with van der Waals surface area (Å²) < 4.78 is 19.5. The Morgan fingerprint density at radius 1 is 1.05 bits per heavy atom. The predicted molar refractivity (Wildman–Crippen MR) is 58.6 cm³/mol. The van der Waals surface area contributed by atoms with Crippen LogP contribution in [-0.2, 0) is 33.3 Å². The molecule has 0 radical (unpaired) electrons. The van der Waals surface area contributed by atoms with Crippen LogP contribution in [-0.4, -0.2) is 54.2 Å². The number of rotatable bonds is 4. The van der Waals surface area contributed by atoms with E-state index in [1.54, 1.807) is 0 Å². The van der Waals surface area contributed by atoms with Crippen LogP contribution in [0.3, 0.4) is 0 Å². The number of aliphatic hydroxyl groups excluding tert-OH is 1. The Hall–Kier alpha value is -1.67. The van der Waals surface area contributed by atoms with Crippen LogP contribution in [0.5, 0.6) is 0 Å². The first-order valence-electron chi connectivity index (χ1n) is 5.62. The lowest BCUT2D eigenvalue weighted by Crippen LogP contribution is -2.39. The SMILES string of the molecule is CC(=O)OC[C@H]1O[C@@H](OC(C)=O)[C@H](OC(C)=O)[C@@H]1O. The molecule has 1 fully saturated rings. The summed E-state index contributed by atoms with van der Waals surface area (Å²) in [5.41, 5.74) is 0. The van der Waals surface area contributed by atoms with Gasteiger partial charge in [0.1, 0.15) is 18.8 Å². The molecule has 1 heterocycles. The highest BCUT2D eigenvalue weighted by Crippen LogP contribution is 2.25. The number of esters is 3. The molecule has 4 atom stereocenters. The second-order valence-electron chi connectivity index (χ2n) is 4.02. The van der Waals surface area contributed by atoms with Gasteiger partial charge in [-0.2, -0.15) is 0 Å². The molecule has 0 spiro atoms. The molecule has 1 aliphatic rings. The van der Waals surface area contributed by atoms with E-state index in [9.17, 15) is 19.5 Å². The Labute approximate surface area is 109 Å². The van der Waals surface area contributed by atoms with Crippen molar-refractivity contribution in [2.45, 2.75) is 45.4 Å². The minimum atomic E-state index is -1.26. The summed E-state index contributed by atoms with van der Waals surface area (Å²) in [5.74, 6) is -1.85. The molecule has 0 aromatic rings. The molecule has 1 aliphatic heterocycles. The van der Waals surface area contributed by atoms with E-state index in [0.717, 1.165) is 13.8 Å². The molecule has 8 nitrogen and oxygen atoms in total. The van der Waals surface area contributed by atoms with Gasteiger partial charge in [0.05, 0.1) is 0 Å². The van der Waals surface area contributed by atoms with Crippen LogP contribution in [0.2, 0.25) is 0 Å². The van der Waals surface area contributed by atoms with Crippen LogP contribution in [0.1, 0.15) is 20.8 Å². The fourth-order valence-electron chi connectivity index (χ4n) is 1.62. The van der Waals surface area contributed by atoms with Crippen molar-refractivity contribution in [1.29, 1.82) is 0 Å². The van der Waals surface area contributed by atoms with E-state index >= 15 is 0 Å². The van der Waals surface area contributed by atoms with Gasteiger partial charge < -0.3 is 24.1 Å². The van der Waals surface area contributed by atoms with Crippen LogP contribution < -0.4 is 0 Å². The molecule has 1 saturated heterocycles. The van der Waals surface area contributed by atoms with E-state index in [4.69, 9.17) is 18.9 Å². The third-order valence-electron chi connectivity index (χ3n) is 2.33. The largest absolute Gasteiger partial charge is 0.463 e. The van der Waals surface area contributed by atoms with Crippen LogP contribution in [0.4, 0.5) is 0 Å². The van der Waals surface area contributed by atoms with Gasteiger partial charge in [0.25, 0.3) is 0 Å². The maximum atomic E-state index is 10.9. The topological polar surface area (TPSA) is 108 Å². The van der Waals surface area contributed by atoms with Crippen molar-refractivity contribution in [3.05, 3.63) is 0 Å². The number of carbonyl (C=O) groups is 3. The summed E-state index contributed by atoms with van der Waals surface area (Å²) in [5, 5.41) is 9.91. The van der Waals surface area contributed by atoms with E-state index in [1.807, 2.05) is 0 Å². The highest BCUT2D eigenvalue weighted by atomic mass is 16.7. The molecule has 0 bridgehead atoms. The lowest BCUT2D eigenvalue weighted by atomic mass is 10.1. The minimum absolute atomic E-state index is 0.230. The third-order valence-corrected chi connectivity index (χ3v) is 2.33. The Balaban J connectivity index is 2.70. The molecule has 0 aromatic heterocycles. The van der Waals surface area contributed by atoms with Crippen molar-refractivity contribution in [3.63, 3.8) is 0 Å². The van der Waals surface area contributed by atoms with Gasteiger partial charge >= 0.3 is 17.9 Å². The smallest absolute Gasteiger partial charge is 0.305 e. The lowest BCUT2D eigenvalue weighted by molar-refractivity contribution is -0.197. The zero-order valence-corrected chi connectivity index (χ0v) is 10.8. The normalized spacial score (nSPS) is 29.7. The van der Waals surface area contributed by atoms with Gasteiger partial charge in [-0.05, 0) is 0 Å². The molecule has 108 valence electrons. The van der Waals surface area contributed by atoms with E-state index in [-0.39, 0.29) is 6.61 Å². The van der Waals surface area contributed by atoms with Crippen LogP contribution in [0, 0.1) is 0 Å². The summed E-state index contributed by atoms with van der Waals surface area (Å²) in [4.78, 5) is 32.5. The molecule has 0 saturated carbocycles. The van der Waals surface area contributed by atoms with Gasteiger partial charge in [-0.3, -0.25) is 14.4 Å². The standard InChI is InChI=1S/C11H16O8/c1-5(12)16-4-8-9(15)10(17-6(2)13)11(19-8)18-7(3)14/h8-11,15H,4H2,1-3H3/t8-,9-,10-,11-/m1/s1. The summed E-state index contributed by atoms with van der Waals surface area (Å²) in [6, 6.07) is 0. The van der Waals surface area contributed by atoms with Crippen molar-refractivity contribution in [2.24, 2.45) is 0 Å². The van der Waals surface area contributed by atoms with E-state index in [0.29, 0.717) is 0 Å². The van der Waals surface area contributed by atoms with Gasteiger partial charge in [-0.15, -0.1) is 0 Å². The quantitative estimate of drug-likeness (QED) is 0.521. The summed E-state index contributed by atoms with van der Waals surface area (Å²) in [6.45, 7) is 3.28. The van der Waals surface area contributed by atoms with Crippen molar-refractivity contribution >= 4 is 17.9 Å².